The lowest BCUT2D eigenvalue weighted by atomic mass is 10.0. The summed E-state index contributed by atoms with van der Waals surface area (Å²) in [6, 6.07) is 22.0. The summed E-state index contributed by atoms with van der Waals surface area (Å²) in [5, 5.41) is 2.95. The maximum atomic E-state index is 13.2. The molecule has 1 N–H and O–H groups in total. The Balaban J connectivity index is 1.60. The van der Waals surface area contributed by atoms with Crippen molar-refractivity contribution in [3.8, 4) is 11.5 Å². The Morgan fingerprint density at radius 3 is 2.47 bits per heavy atom. The minimum Gasteiger partial charge on any atom is -0.497 e. The molecular formula is C26H26N2O4. The number of benzene rings is 3. The van der Waals surface area contributed by atoms with Gasteiger partial charge < -0.3 is 19.7 Å². The number of rotatable bonds is 8. The minimum absolute atomic E-state index is 0.0658. The first-order valence-corrected chi connectivity index (χ1v) is 10.6. The number of para-hydroxylation sites is 2. The fourth-order valence-corrected chi connectivity index (χ4v) is 3.99. The van der Waals surface area contributed by atoms with Crippen LogP contribution in [-0.2, 0) is 11.3 Å². The molecule has 3 aromatic carbocycles. The molecule has 32 heavy (non-hydrogen) atoms. The summed E-state index contributed by atoms with van der Waals surface area (Å²) >= 11 is 0. The van der Waals surface area contributed by atoms with Crippen LogP contribution in [-0.4, -0.2) is 30.4 Å². The summed E-state index contributed by atoms with van der Waals surface area (Å²) in [5.74, 6) is 1.08. The average Bonchev–Trinajstić information content (AvgIpc) is 3.15. The van der Waals surface area contributed by atoms with Crippen LogP contribution in [0.4, 0.5) is 5.69 Å². The molecule has 6 heteroatoms. The SMILES string of the molecule is CCOc1ccccc1NC(=O)C[C@@H](c1ccc(OC)cc1)N1Cc2ccccc2C1=O. The first-order valence-electron chi connectivity index (χ1n) is 10.6. The topological polar surface area (TPSA) is 67.9 Å². The Hall–Kier alpha value is -3.80. The van der Waals surface area contributed by atoms with Crippen molar-refractivity contribution in [1.82, 2.24) is 4.90 Å². The van der Waals surface area contributed by atoms with Crippen molar-refractivity contribution in [2.75, 3.05) is 19.0 Å². The number of amides is 2. The monoisotopic (exact) mass is 430 g/mol. The third-order valence-electron chi connectivity index (χ3n) is 5.57. The molecule has 0 bridgehead atoms. The van der Waals surface area contributed by atoms with Crippen molar-refractivity contribution in [2.45, 2.75) is 25.9 Å². The summed E-state index contributed by atoms with van der Waals surface area (Å²) in [4.78, 5) is 28.0. The van der Waals surface area contributed by atoms with Crippen molar-refractivity contribution in [3.05, 3.63) is 89.5 Å². The fraction of sp³-hybridized carbons (Fsp3) is 0.231. The second kappa shape index (κ2) is 9.56. The van der Waals surface area contributed by atoms with Crippen LogP contribution in [0, 0.1) is 0 Å². The first-order chi connectivity index (χ1) is 15.6. The zero-order valence-corrected chi connectivity index (χ0v) is 18.2. The predicted molar refractivity (Wildman–Crippen MR) is 123 cm³/mol. The van der Waals surface area contributed by atoms with E-state index >= 15 is 0 Å². The highest BCUT2D eigenvalue weighted by atomic mass is 16.5. The number of carbonyl (C=O) groups excluding carboxylic acids is 2. The number of fused-ring (bicyclic) bond motifs is 1. The van der Waals surface area contributed by atoms with Crippen molar-refractivity contribution in [1.29, 1.82) is 0 Å². The van der Waals surface area contributed by atoms with Gasteiger partial charge in [-0.2, -0.15) is 0 Å². The second-order valence-corrected chi connectivity index (χ2v) is 7.56. The molecule has 0 fully saturated rings. The van der Waals surface area contributed by atoms with Crippen LogP contribution < -0.4 is 14.8 Å². The van der Waals surface area contributed by atoms with E-state index in [-0.39, 0.29) is 18.2 Å². The fourth-order valence-electron chi connectivity index (χ4n) is 3.99. The molecule has 0 saturated heterocycles. The van der Waals surface area contributed by atoms with Crippen LogP contribution in [0.5, 0.6) is 11.5 Å². The normalized spacial score (nSPS) is 13.4. The molecule has 1 atom stereocenters. The van der Waals surface area contributed by atoms with Crippen LogP contribution in [0.25, 0.3) is 0 Å². The van der Waals surface area contributed by atoms with E-state index < -0.39 is 6.04 Å². The zero-order valence-electron chi connectivity index (χ0n) is 18.2. The van der Waals surface area contributed by atoms with Crippen LogP contribution in [0.2, 0.25) is 0 Å². The minimum atomic E-state index is -0.417. The van der Waals surface area contributed by atoms with Gasteiger partial charge in [0, 0.05) is 12.1 Å². The predicted octanol–water partition coefficient (Wildman–Crippen LogP) is 4.82. The number of hydrogen-bond donors (Lipinski definition) is 1. The third-order valence-corrected chi connectivity index (χ3v) is 5.57. The van der Waals surface area contributed by atoms with E-state index in [9.17, 15) is 9.59 Å². The summed E-state index contributed by atoms with van der Waals surface area (Å²) in [6.07, 6.45) is 0.118. The van der Waals surface area contributed by atoms with Gasteiger partial charge in [0.25, 0.3) is 5.91 Å². The van der Waals surface area contributed by atoms with Gasteiger partial charge >= 0.3 is 0 Å². The van der Waals surface area contributed by atoms with Gasteiger partial charge in [0.15, 0.2) is 0 Å². The van der Waals surface area contributed by atoms with Gasteiger partial charge in [-0.25, -0.2) is 0 Å². The van der Waals surface area contributed by atoms with Crippen molar-refractivity contribution in [2.24, 2.45) is 0 Å². The standard InChI is InChI=1S/C26H26N2O4/c1-3-32-24-11-7-6-10-22(24)27-25(29)16-23(18-12-14-20(31-2)15-13-18)28-17-19-8-4-5-9-21(19)26(28)30/h4-15,23H,3,16-17H2,1-2H3,(H,27,29)/t23-/m0/s1. The Bertz CT molecular complexity index is 1110. The van der Waals surface area contributed by atoms with Crippen LogP contribution in [0.3, 0.4) is 0 Å². The molecule has 0 saturated carbocycles. The molecule has 1 aliphatic heterocycles. The summed E-state index contributed by atoms with van der Waals surface area (Å²) in [6.45, 7) is 2.87. The second-order valence-electron chi connectivity index (χ2n) is 7.56. The number of nitrogens with one attached hydrogen (secondary N) is 1. The number of anilines is 1. The molecule has 0 unspecified atom stereocenters. The Labute approximate surface area is 187 Å². The molecule has 0 radical (unpaired) electrons. The number of ether oxygens (including phenoxy) is 2. The van der Waals surface area contributed by atoms with Crippen molar-refractivity contribution < 1.29 is 19.1 Å². The molecule has 1 aliphatic rings. The van der Waals surface area contributed by atoms with Crippen molar-refractivity contribution in [3.63, 3.8) is 0 Å². The highest BCUT2D eigenvalue weighted by molar-refractivity contribution is 5.99. The Kier molecular flexibility index (Phi) is 6.40. The van der Waals surface area contributed by atoms with E-state index in [2.05, 4.69) is 5.32 Å². The molecule has 0 aliphatic carbocycles. The first kappa shape index (κ1) is 21.4. The highest BCUT2D eigenvalue weighted by Crippen LogP contribution is 2.34. The van der Waals surface area contributed by atoms with Gasteiger partial charge in [0.1, 0.15) is 11.5 Å². The molecule has 4 rings (SSSR count). The number of carbonyl (C=O) groups is 2. The van der Waals surface area contributed by atoms with Crippen LogP contribution >= 0.6 is 0 Å². The zero-order chi connectivity index (χ0) is 22.5. The van der Waals surface area contributed by atoms with Crippen LogP contribution in [0.1, 0.15) is 40.9 Å². The molecule has 6 nitrogen and oxygen atoms in total. The highest BCUT2D eigenvalue weighted by Gasteiger charge is 2.34. The summed E-state index contributed by atoms with van der Waals surface area (Å²) < 4.78 is 10.9. The van der Waals surface area contributed by atoms with E-state index in [4.69, 9.17) is 9.47 Å². The molecule has 1 heterocycles. The molecule has 3 aromatic rings. The largest absolute Gasteiger partial charge is 0.497 e. The Morgan fingerprint density at radius 2 is 1.75 bits per heavy atom. The lowest BCUT2D eigenvalue weighted by Crippen LogP contribution is -2.32. The number of hydrogen-bond acceptors (Lipinski definition) is 4. The van der Waals surface area contributed by atoms with Gasteiger partial charge in [-0.15, -0.1) is 0 Å². The van der Waals surface area contributed by atoms with E-state index in [1.807, 2.05) is 79.7 Å². The smallest absolute Gasteiger partial charge is 0.255 e. The van der Waals surface area contributed by atoms with Gasteiger partial charge in [0.2, 0.25) is 5.91 Å². The quantitative estimate of drug-likeness (QED) is 0.556. The van der Waals surface area contributed by atoms with E-state index in [0.717, 1.165) is 16.9 Å². The number of nitrogens with zero attached hydrogens (tertiary/aromatic N) is 1. The van der Waals surface area contributed by atoms with Gasteiger partial charge in [-0.05, 0) is 48.4 Å². The molecule has 164 valence electrons. The maximum Gasteiger partial charge on any atom is 0.255 e. The molecular weight excluding hydrogens is 404 g/mol. The Morgan fingerprint density at radius 1 is 1.03 bits per heavy atom. The van der Waals surface area contributed by atoms with Gasteiger partial charge in [-0.3, -0.25) is 9.59 Å². The summed E-state index contributed by atoms with van der Waals surface area (Å²) in [5.41, 5.74) is 3.15. The summed E-state index contributed by atoms with van der Waals surface area (Å²) in [7, 11) is 1.61. The average molecular weight is 431 g/mol. The van der Waals surface area contributed by atoms with E-state index in [0.29, 0.717) is 30.2 Å². The van der Waals surface area contributed by atoms with Crippen LogP contribution in [0.15, 0.2) is 72.8 Å². The molecule has 0 spiro atoms. The van der Waals surface area contributed by atoms with Gasteiger partial charge in [-0.1, -0.05) is 42.5 Å². The number of methoxy groups -OCH3 is 1. The van der Waals surface area contributed by atoms with Crippen molar-refractivity contribution >= 4 is 17.5 Å². The lowest BCUT2D eigenvalue weighted by molar-refractivity contribution is -0.117. The molecule has 0 aromatic heterocycles. The van der Waals surface area contributed by atoms with Gasteiger partial charge in [0.05, 0.1) is 31.9 Å². The lowest BCUT2D eigenvalue weighted by Gasteiger charge is -2.28. The molecule has 2 amide bonds. The maximum absolute atomic E-state index is 13.2. The van der Waals surface area contributed by atoms with E-state index in [1.165, 1.54) is 0 Å². The third kappa shape index (κ3) is 4.44. The van der Waals surface area contributed by atoms with E-state index in [1.54, 1.807) is 12.0 Å².